The van der Waals surface area contributed by atoms with E-state index in [0.29, 0.717) is 36.8 Å². The van der Waals surface area contributed by atoms with Crippen LogP contribution in [0.2, 0.25) is 5.02 Å². The van der Waals surface area contributed by atoms with Crippen LogP contribution in [0, 0.1) is 19.7 Å². The molecule has 0 saturated carbocycles. The van der Waals surface area contributed by atoms with E-state index in [2.05, 4.69) is 30.0 Å². The lowest BCUT2D eigenvalue weighted by Gasteiger charge is -2.36. The zero-order valence-electron chi connectivity index (χ0n) is 19.6. The Bertz CT molecular complexity index is 1130. The molecule has 0 aromatic heterocycles. The quantitative estimate of drug-likeness (QED) is 0.427. The monoisotopic (exact) mass is 480 g/mol. The molecule has 1 aliphatic heterocycles. The van der Waals surface area contributed by atoms with E-state index < -0.39 is 0 Å². The third-order valence-corrected chi connectivity index (χ3v) is 6.54. The normalized spacial score (nSPS) is 15.4. The molecule has 0 N–H and O–H groups in total. The van der Waals surface area contributed by atoms with Crippen molar-refractivity contribution < 1.29 is 13.9 Å². The minimum Gasteiger partial charge on any atom is -0.368 e. The molecule has 0 bridgehead atoms. The second-order valence-electron chi connectivity index (χ2n) is 8.89. The van der Waals surface area contributed by atoms with E-state index in [0.717, 1.165) is 29.8 Å². The number of amides is 1. The molecule has 0 unspecified atom stereocenters. The summed E-state index contributed by atoms with van der Waals surface area (Å²) in [5.74, 6) is -0.495. The van der Waals surface area contributed by atoms with Crippen LogP contribution < -0.4 is 0 Å². The predicted octanol–water partition coefficient (Wildman–Crippen LogP) is 5.81. The fourth-order valence-electron chi connectivity index (χ4n) is 4.29. The molecule has 1 aliphatic rings. The van der Waals surface area contributed by atoms with Crippen molar-refractivity contribution in [1.29, 1.82) is 0 Å². The summed E-state index contributed by atoms with van der Waals surface area (Å²) in [6.07, 6.45) is -0.120. The molecule has 3 aromatic rings. The molecule has 1 saturated heterocycles. The van der Waals surface area contributed by atoms with Gasteiger partial charge in [0.05, 0.1) is 12.7 Å². The lowest BCUT2D eigenvalue weighted by molar-refractivity contribution is 0.00340. The van der Waals surface area contributed by atoms with Gasteiger partial charge in [-0.05, 0) is 54.8 Å². The SMILES string of the molecule is Cc1cccc(CO[C@@H](CN2CCN(C(=O)c3cc(F)ccc3C)CC2)c2ccc(Cl)cc2)c1. The van der Waals surface area contributed by atoms with Gasteiger partial charge in [-0.25, -0.2) is 4.39 Å². The Morgan fingerprint density at radius 2 is 1.74 bits per heavy atom. The highest BCUT2D eigenvalue weighted by molar-refractivity contribution is 6.30. The van der Waals surface area contributed by atoms with Crippen LogP contribution >= 0.6 is 11.6 Å². The number of halogens is 2. The Kier molecular flexibility index (Phi) is 7.99. The van der Waals surface area contributed by atoms with Crippen LogP contribution in [-0.4, -0.2) is 48.4 Å². The number of aryl methyl sites for hydroxylation is 2. The van der Waals surface area contributed by atoms with Gasteiger partial charge in [-0.3, -0.25) is 9.69 Å². The third kappa shape index (κ3) is 6.23. The first-order valence-corrected chi connectivity index (χ1v) is 12.0. The van der Waals surface area contributed by atoms with Gasteiger partial charge < -0.3 is 9.64 Å². The van der Waals surface area contributed by atoms with Crippen LogP contribution in [0.15, 0.2) is 66.7 Å². The van der Waals surface area contributed by atoms with Crippen molar-refractivity contribution in [2.75, 3.05) is 32.7 Å². The summed E-state index contributed by atoms with van der Waals surface area (Å²) in [4.78, 5) is 17.1. The van der Waals surface area contributed by atoms with E-state index in [-0.39, 0.29) is 17.8 Å². The predicted molar refractivity (Wildman–Crippen MR) is 134 cm³/mol. The summed E-state index contributed by atoms with van der Waals surface area (Å²) in [6.45, 7) is 7.81. The molecule has 0 aliphatic carbocycles. The van der Waals surface area contributed by atoms with Crippen LogP contribution in [0.5, 0.6) is 0 Å². The summed E-state index contributed by atoms with van der Waals surface area (Å²) in [5.41, 5.74) is 4.65. The number of carbonyl (C=O) groups excluding carboxylic acids is 1. The van der Waals surface area contributed by atoms with Gasteiger partial charge in [0, 0.05) is 43.3 Å². The van der Waals surface area contributed by atoms with Gasteiger partial charge in [0.25, 0.3) is 5.91 Å². The first-order valence-electron chi connectivity index (χ1n) is 11.6. The molecular weight excluding hydrogens is 451 g/mol. The van der Waals surface area contributed by atoms with E-state index in [4.69, 9.17) is 16.3 Å². The summed E-state index contributed by atoms with van der Waals surface area (Å²) < 4.78 is 20.1. The van der Waals surface area contributed by atoms with Gasteiger partial charge in [-0.15, -0.1) is 0 Å². The van der Waals surface area contributed by atoms with Gasteiger partial charge in [-0.2, -0.15) is 0 Å². The van der Waals surface area contributed by atoms with Crippen molar-refractivity contribution in [2.24, 2.45) is 0 Å². The maximum absolute atomic E-state index is 13.7. The van der Waals surface area contributed by atoms with Crippen LogP contribution in [0.3, 0.4) is 0 Å². The summed E-state index contributed by atoms with van der Waals surface area (Å²) in [7, 11) is 0. The highest BCUT2D eigenvalue weighted by Gasteiger charge is 2.26. The molecular formula is C28H30ClFN2O2. The minimum atomic E-state index is -0.385. The van der Waals surface area contributed by atoms with Crippen LogP contribution in [0.25, 0.3) is 0 Å². The van der Waals surface area contributed by atoms with Crippen LogP contribution in [0.1, 0.15) is 38.7 Å². The highest BCUT2D eigenvalue weighted by atomic mass is 35.5. The van der Waals surface area contributed by atoms with Crippen molar-refractivity contribution in [2.45, 2.75) is 26.6 Å². The molecule has 1 amide bonds. The van der Waals surface area contributed by atoms with E-state index in [1.165, 1.54) is 17.7 Å². The summed E-state index contributed by atoms with van der Waals surface area (Å²) >= 11 is 6.10. The van der Waals surface area contributed by atoms with E-state index in [1.54, 1.807) is 6.07 Å². The third-order valence-electron chi connectivity index (χ3n) is 6.29. The van der Waals surface area contributed by atoms with Gasteiger partial charge in [-0.1, -0.05) is 59.6 Å². The smallest absolute Gasteiger partial charge is 0.254 e. The van der Waals surface area contributed by atoms with Crippen molar-refractivity contribution >= 4 is 17.5 Å². The van der Waals surface area contributed by atoms with Gasteiger partial charge in [0.1, 0.15) is 5.82 Å². The Balaban J connectivity index is 1.40. The summed E-state index contributed by atoms with van der Waals surface area (Å²) in [5, 5.41) is 0.695. The first-order chi connectivity index (χ1) is 16.4. The Morgan fingerprint density at radius 3 is 2.44 bits per heavy atom. The number of ether oxygens (including phenoxy) is 1. The lowest BCUT2D eigenvalue weighted by atomic mass is 10.1. The fraction of sp³-hybridized carbons (Fsp3) is 0.321. The minimum absolute atomic E-state index is 0.110. The number of nitrogens with zero attached hydrogens (tertiary/aromatic N) is 2. The molecule has 3 aromatic carbocycles. The number of piperazine rings is 1. The Morgan fingerprint density at radius 1 is 1.00 bits per heavy atom. The molecule has 0 radical (unpaired) electrons. The van der Waals surface area contributed by atoms with Gasteiger partial charge >= 0.3 is 0 Å². The van der Waals surface area contributed by atoms with Crippen molar-refractivity contribution in [3.8, 4) is 0 Å². The number of benzene rings is 3. The summed E-state index contributed by atoms with van der Waals surface area (Å²) in [6, 6.07) is 20.5. The zero-order chi connectivity index (χ0) is 24.1. The van der Waals surface area contributed by atoms with Crippen LogP contribution in [0.4, 0.5) is 4.39 Å². The maximum Gasteiger partial charge on any atom is 0.254 e. The van der Waals surface area contributed by atoms with E-state index in [9.17, 15) is 9.18 Å². The average Bonchev–Trinajstić information content (AvgIpc) is 2.84. The van der Waals surface area contributed by atoms with Gasteiger partial charge in [0.15, 0.2) is 0 Å². The van der Waals surface area contributed by atoms with Crippen molar-refractivity contribution in [3.63, 3.8) is 0 Å². The molecule has 4 nitrogen and oxygen atoms in total. The molecule has 1 heterocycles. The standard InChI is InChI=1S/C28H30ClFN2O2/c1-20-4-3-5-22(16-20)19-34-27(23-7-9-24(29)10-8-23)18-31-12-14-32(15-13-31)28(33)26-17-25(30)11-6-21(26)2/h3-11,16-17,27H,12-15,18-19H2,1-2H3/t27-/m0/s1. The highest BCUT2D eigenvalue weighted by Crippen LogP contribution is 2.24. The molecule has 34 heavy (non-hydrogen) atoms. The molecule has 1 fully saturated rings. The van der Waals surface area contributed by atoms with E-state index >= 15 is 0 Å². The second kappa shape index (κ2) is 11.1. The topological polar surface area (TPSA) is 32.8 Å². The van der Waals surface area contributed by atoms with Crippen molar-refractivity contribution in [3.05, 3.63) is 105 Å². The van der Waals surface area contributed by atoms with Crippen LogP contribution in [-0.2, 0) is 11.3 Å². The molecule has 178 valence electrons. The number of rotatable bonds is 7. The Hall–Kier alpha value is -2.73. The Labute approximate surface area is 205 Å². The number of carbonyl (C=O) groups is 1. The van der Waals surface area contributed by atoms with Crippen molar-refractivity contribution in [1.82, 2.24) is 9.80 Å². The van der Waals surface area contributed by atoms with Gasteiger partial charge in [0.2, 0.25) is 0 Å². The van der Waals surface area contributed by atoms with E-state index in [1.807, 2.05) is 42.2 Å². The molecule has 6 heteroatoms. The number of hydrogen-bond donors (Lipinski definition) is 0. The first kappa shape index (κ1) is 24.4. The fourth-order valence-corrected chi connectivity index (χ4v) is 4.42. The number of hydrogen-bond acceptors (Lipinski definition) is 3. The maximum atomic E-state index is 13.7. The zero-order valence-corrected chi connectivity index (χ0v) is 20.4. The molecule has 4 rings (SSSR count). The largest absolute Gasteiger partial charge is 0.368 e. The second-order valence-corrected chi connectivity index (χ2v) is 9.33. The lowest BCUT2D eigenvalue weighted by Crippen LogP contribution is -2.49. The molecule has 1 atom stereocenters. The molecule has 0 spiro atoms. The average molecular weight is 481 g/mol.